The van der Waals surface area contributed by atoms with Crippen molar-refractivity contribution in [2.24, 2.45) is 0 Å². The SMILES string of the molecule is CP(C)(=O)c1ncccc1-c1ccc(N2C(=O)[C@H](NC(=O)Nc3ccc(C(F)(F)F)cc3F)C[C@H]2CO)c(F)c1F. The molecule has 2 heterocycles. The molecule has 15 heteroatoms. The summed E-state index contributed by atoms with van der Waals surface area (Å²) in [4.78, 5) is 30.4. The Bertz CT molecular complexity index is 1560. The second-order valence-electron chi connectivity index (χ2n) is 9.61. The number of amides is 3. The zero-order chi connectivity index (χ0) is 30.3. The number of urea groups is 1. The number of halogens is 6. The lowest BCUT2D eigenvalue weighted by molar-refractivity contribution is -0.137. The Kier molecular flexibility index (Phi) is 8.19. The number of hydrogen-bond donors (Lipinski definition) is 3. The molecule has 0 saturated carbocycles. The van der Waals surface area contributed by atoms with Crippen LogP contribution < -0.4 is 21.0 Å². The normalized spacial score (nSPS) is 17.6. The van der Waals surface area contributed by atoms with E-state index in [4.69, 9.17) is 0 Å². The van der Waals surface area contributed by atoms with Crippen LogP contribution in [0.4, 0.5) is 42.5 Å². The van der Waals surface area contributed by atoms with Crippen molar-refractivity contribution in [2.45, 2.75) is 24.7 Å². The minimum atomic E-state index is -4.80. The van der Waals surface area contributed by atoms with Crippen LogP contribution in [0.25, 0.3) is 11.1 Å². The van der Waals surface area contributed by atoms with E-state index in [2.05, 4.69) is 10.3 Å². The van der Waals surface area contributed by atoms with Gasteiger partial charge in [-0.1, -0.05) is 6.07 Å². The molecule has 1 saturated heterocycles. The van der Waals surface area contributed by atoms with E-state index >= 15 is 8.78 Å². The molecule has 0 radical (unpaired) electrons. The molecule has 8 nitrogen and oxygen atoms in total. The molecule has 1 aliphatic heterocycles. The lowest BCUT2D eigenvalue weighted by atomic mass is 10.1. The monoisotopic (exact) mass is 600 g/mol. The molecule has 1 aromatic heterocycles. The lowest BCUT2D eigenvalue weighted by Crippen LogP contribution is -2.44. The minimum absolute atomic E-state index is 0.0799. The van der Waals surface area contributed by atoms with Gasteiger partial charge in [-0.25, -0.2) is 18.0 Å². The average Bonchev–Trinajstić information content (AvgIpc) is 3.20. The highest BCUT2D eigenvalue weighted by atomic mass is 31.2. The van der Waals surface area contributed by atoms with E-state index in [9.17, 15) is 36.8 Å². The van der Waals surface area contributed by atoms with Gasteiger partial charge in [0.15, 0.2) is 11.6 Å². The van der Waals surface area contributed by atoms with Crippen molar-refractivity contribution in [2.75, 3.05) is 30.2 Å². The molecule has 4 rings (SSSR count). The summed E-state index contributed by atoms with van der Waals surface area (Å²) in [6.07, 6.45) is -3.68. The van der Waals surface area contributed by atoms with Crippen LogP contribution in [0.5, 0.6) is 0 Å². The highest BCUT2D eigenvalue weighted by molar-refractivity contribution is 7.70. The Hall–Kier alpha value is -3.90. The number of anilines is 2. The van der Waals surface area contributed by atoms with Crippen molar-refractivity contribution in [3.05, 3.63) is 71.7 Å². The van der Waals surface area contributed by atoms with Gasteiger partial charge in [-0.05, 0) is 56.1 Å². The van der Waals surface area contributed by atoms with Gasteiger partial charge in [-0.15, -0.1) is 0 Å². The highest BCUT2D eigenvalue weighted by Gasteiger charge is 2.42. The first kappa shape index (κ1) is 30.1. The van der Waals surface area contributed by atoms with Crippen LogP contribution in [0.3, 0.4) is 0 Å². The number of aromatic nitrogens is 1. The summed E-state index contributed by atoms with van der Waals surface area (Å²) in [5.41, 5.74) is -2.47. The fourth-order valence-corrected chi connectivity index (χ4v) is 5.62. The van der Waals surface area contributed by atoms with Crippen molar-refractivity contribution in [1.29, 1.82) is 0 Å². The number of hydrogen-bond acceptors (Lipinski definition) is 5. The molecule has 0 unspecified atom stereocenters. The molecule has 41 heavy (non-hydrogen) atoms. The van der Waals surface area contributed by atoms with Crippen LogP contribution in [0.15, 0.2) is 48.7 Å². The number of pyridine rings is 1. The minimum Gasteiger partial charge on any atom is -0.394 e. The Morgan fingerprint density at radius 1 is 1.10 bits per heavy atom. The first-order valence-electron chi connectivity index (χ1n) is 12.0. The molecule has 0 spiro atoms. The summed E-state index contributed by atoms with van der Waals surface area (Å²) in [5.74, 6) is -5.10. The molecular formula is C26H23F6N4O4P. The number of benzene rings is 2. The Morgan fingerprint density at radius 3 is 2.41 bits per heavy atom. The van der Waals surface area contributed by atoms with Gasteiger partial charge >= 0.3 is 12.2 Å². The molecule has 3 N–H and O–H groups in total. The first-order valence-corrected chi connectivity index (χ1v) is 14.6. The zero-order valence-electron chi connectivity index (χ0n) is 21.5. The van der Waals surface area contributed by atoms with Gasteiger partial charge < -0.3 is 25.2 Å². The fraction of sp³-hybridized carbons (Fsp3) is 0.269. The number of nitrogens with one attached hydrogen (secondary N) is 2. The summed E-state index contributed by atoms with van der Waals surface area (Å²) in [6, 6.07) is 2.98. The van der Waals surface area contributed by atoms with E-state index in [0.717, 1.165) is 11.0 Å². The number of aliphatic hydroxyl groups excluding tert-OH is 1. The van der Waals surface area contributed by atoms with E-state index in [0.29, 0.717) is 12.1 Å². The van der Waals surface area contributed by atoms with Gasteiger partial charge in [0.25, 0.3) is 0 Å². The third-order valence-electron chi connectivity index (χ3n) is 6.38. The smallest absolute Gasteiger partial charge is 0.394 e. The summed E-state index contributed by atoms with van der Waals surface area (Å²) < 4.78 is 95.8. The fourth-order valence-electron chi connectivity index (χ4n) is 4.50. The molecule has 1 fully saturated rings. The molecular weight excluding hydrogens is 577 g/mol. The highest BCUT2D eigenvalue weighted by Crippen LogP contribution is 2.40. The number of nitrogens with zero attached hydrogens (tertiary/aromatic N) is 2. The lowest BCUT2D eigenvalue weighted by Gasteiger charge is -2.24. The van der Waals surface area contributed by atoms with Crippen molar-refractivity contribution < 1.29 is 45.6 Å². The van der Waals surface area contributed by atoms with Gasteiger partial charge in [0.1, 0.15) is 24.4 Å². The average molecular weight is 600 g/mol. The number of alkyl halides is 3. The van der Waals surface area contributed by atoms with Crippen molar-refractivity contribution in [3.8, 4) is 11.1 Å². The second-order valence-corrected chi connectivity index (χ2v) is 12.7. The second kappa shape index (κ2) is 11.2. The molecule has 2 atom stereocenters. The molecule has 2 aromatic carbocycles. The van der Waals surface area contributed by atoms with Gasteiger partial charge in [0, 0.05) is 17.3 Å². The molecule has 3 amide bonds. The van der Waals surface area contributed by atoms with Crippen molar-refractivity contribution >= 4 is 35.9 Å². The van der Waals surface area contributed by atoms with E-state index < -0.39 is 78.3 Å². The number of carbonyl (C=O) groups excluding carboxylic acids is 2. The number of carbonyl (C=O) groups is 2. The predicted molar refractivity (Wildman–Crippen MR) is 139 cm³/mol. The van der Waals surface area contributed by atoms with Gasteiger partial charge in [0.05, 0.1) is 29.6 Å². The zero-order valence-corrected chi connectivity index (χ0v) is 22.4. The maximum Gasteiger partial charge on any atom is 0.416 e. The quantitative estimate of drug-likeness (QED) is 0.280. The Balaban J connectivity index is 1.57. The van der Waals surface area contributed by atoms with Crippen molar-refractivity contribution in [1.82, 2.24) is 10.3 Å². The third-order valence-corrected chi connectivity index (χ3v) is 7.75. The van der Waals surface area contributed by atoms with Crippen LogP contribution in [0.1, 0.15) is 12.0 Å². The topological polar surface area (TPSA) is 112 Å². The van der Waals surface area contributed by atoms with E-state index in [1.807, 2.05) is 5.32 Å². The maximum atomic E-state index is 15.4. The summed E-state index contributed by atoms with van der Waals surface area (Å²) in [5, 5.41) is 14.0. The molecule has 3 aromatic rings. The molecule has 0 bridgehead atoms. The molecule has 1 aliphatic rings. The first-order chi connectivity index (χ1) is 19.1. The Morgan fingerprint density at radius 2 is 1.80 bits per heavy atom. The predicted octanol–water partition coefficient (Wildman–Crippen LogP) is 4.72. The van der Waals surface area contributed by atoms with Gasteiger partial charge in [0.2, 0.25) is 5.91 Å². The van der Waals surface area contributed by atoms with E-state index in [-0.39, 0.29) is 29.0 Å². The number of rotatable bonds is 6. The summed E-state index contributed by atoms with van der Waals surface area (Å²) >= 11 is 0. The molecule has 0 aliphatic carbocycles. The van der Waals surface area contributed by atoms with Gasteiger partial charge in [-0.3, -0.25) is 9.78 Å². The summed E-state index contributed by atoms with van der Waals surface area (Å²) in [6.45, 7) is 2.15. The van der Waals surface area contributed by atoms with Crippen molar-refractivity contribution in [3.63, 3.8) is 0 Å². The van der Waals surface area contributed by atoms with Crippen LogP contribution in [0.2, 0.25) is 0 Å². The van der Waals surface area contributed by atoms with Crippen LogP contribution >= 0.6 is 7.14 Å². The Labute approximate surface area is 229 Å². The van der Waals surface area contributed by atoms with E-state index in [1.54, 1.807) is 0 Å². The van der Waals surface area contributed by atoms with E-state index in [1.165, 1.54) is 37.7 Å². The van der Waals surface area contributed by atoms with Gasteiger partial charge in [-0.2, -0.15) is 13.2 Å². The van der Waals surface area contributed by atoms with Crippen LogP contribution in [0, 0.1) is 17.5 Å². The molecule has 218 valence electrons. The standard InChI is InChI=1S/C26H23F6N4O4P/c1-41(2,40)23-16(4-3-9-33-23)15-6-8-20(22(29)21(15)28)36-14(12-37)11-19(24(36)38)35-25(39)34-18-7-5-13(10-17(18)27)26(30,31)32/h3-10,14,19,37H,11-12H2,1-2H3,(H2,34,35,39)/t14-,19+/m0/s1. The largest absolute Gasteiger partial charge is 0.416 e. The summed E-state index contributed by atoms with van der Waals surface area (Å²) in [7, 11) is -2.99. The van der Waals surface area contributed by atoms with Crippen LogP contribution in [-0.2, 0) is 15.5 Å². The maximum absolute atomic E-state index is 15.4. The third kappa shape index (κ3) is 6.08. The van der Waals surface area contributed by atoms with Crippen LogP contribution in [-0.4, -0.2) is 54.0 Å². The number of aliphatic hydroxyl groups is 1.